The Kier molecular flexibility index (Phi) is 12.2. The van der Waals surface area contributed by atoms with E-state index in [1.54, 1.807) is 0 Å². The van der Waals surface area contributed by atoms with Crippen LogP contribution in [0.3, 0.4) is 0 Å². The number of aliphatic hydroxyl groups is 1. The number of nitrogens with zero attached hydrogens (tertiary/aromatic N) is 1. The van der Waals surface area contributed by atoms with Gasteiger partial charge < -0.3 is 30.7 Å². The van der Waals surface area contributed by atoms with E-state index in [9.17, 15) is 19.5 Å². The zero-order valence-corrected chi connectivity index (χ0v) is 24.9. The lowest BCUT2D eigenvalue weighted by atomic mass is 9.92. The summed E-state index contributed by atoms with van der Waals surface area (Å²) in [7, 11) is 1.52. The highest BCUT2D eigenvalue weighted by atomic mass is 16.5. The molecule has 0 aliphatic carbocycles. The van der Waals surface area contributed by atoms with Crippen molar-refractivity contribution in [2.75, 3.05) is 26.7 Å². The number of carbonyl (C=O) groups is 3. The highest BCUT2D eigenvalue weighted by molar-refractivity contribution is 5.93. The Morgan fingerprint density at radius 2 is 1.63 bits per heavy atom. The van der Waals surface area contributed by atoms with Gasteiger partial charge in [0.15, 0.2) is 0 Å². The lowest BCUT2D eigenvalue weighted by Crippen LogP contribution is -2.61. The molecule has 9 nitrogen and oxygen atoms in total. The van der Waals surface area contributed by atoms with E-state index < -0.39 is 30.1 Å². The molecular weight excluding hydrogens is 520 g/mol. The van der Waals surface area contributed by atoms with E-state index in [-0.39, 0.29) is 23.7 Å². The quantitative estimate of drug-likeness (QED) is 0.442. The summed E-state index contributed by atoms with van der Waals surface area (Å²) in [4.78, 5) is 42.3. The Morgan fingerprint density at radius 3 is 2.32 bits per heavy atom. The van der Waals surface area contributed by atoms with Gasteiger partial charge in [0.05, 0.1) is 12.1 Å². The minimum absolute atomic E-state index is 0.0304. The highest BCUT2D eigenvalue weighted by Crippen LogP contribution is 2.22. The summed E-state index contributed by atoms with van der Waals surface area (Å²) in [6.07, 6.45) is 0.970. The summed E-state index contributed by atoms with van der Waals surface area (Å²) in [5, 5.41) is 19.9. The van der Waals surface area contributed by atoms with Crippen molar-refractivity contribution in [2.45, 2.75) is 77.1 Å². The van der Waals surface area contributed by atoms with Gasteiger partial charge in [-0.1, -0.05) is 75.7 Å². The number of fused-ring (bicyclic) bond motifs is 1. The summed E-state index contributed by atoms with van der Waals surface area (Å²) < 4.78 is 6.07. The molecule has 0 aromatic heterocycles. The first-order valence-electron chi connectivity index (χ1n) is 14.7. The fraction of sp³-hybridized carbons (Fsp3) is 0.531. The van der Waals surface area contributed by atoms with Gasteiger partial charge in [0.25, 0.3) is 0 Å². The van der Waals surface area contributed by atoms with E-state index in [4.69, 9.17) is 4.74 Å². The largest absolute Gasteiger partial charge is 0.492 e. The Labute approximate surface area is 244 Å². The average Bonchev–Trinajstić information content (AvgIpc) is 2.97. The van der Waals surface area contributed by atoms with Gasteiger partial charge in [-0.25, -0.2) is 0 Å². The molecule has 2 aromatic carbocycles. The maximum atomic E-state index is 13.8. The Bertz CT molecular complexity index is 1140. The standard InChI is InChI=1S/C32H46N4O5/c1-6-21(2)27-32(40)36(5)29(23(4)37)31(39)35-28(22(3)24-13-8-7-9-14-24)30(38)34-18-12-16-25-15-10-11-17-26(25)41-20-19-33-27/h7-11,13-15,17,21-23,27-29,33,37H,6,12,16,18-20H2,1-5H3,(H,34,38)(H,35,39)/t21?,22?,23-,27+,28-,29+/m1/s1. The highest BCUT2D eigenvalue weighted by Gasteiger charge is 2.38. The van der Waals surface area contributed by atoms with Crippen LogP contribution < -0.4 is 20.7 Å². The number of nitrogens with one attached hydrogen (secondary N) is 3. The van der Waals surface area contributed by atoms with Gasteiger partial charge in [0.2, 0.25) is 17.7 Å². The topological polar surface area (TPSA) is 120 Å². The fourth-order valence-electron chi connectivity index (χ4n) is 5.27. The number of rotatable bonds is 5. The van der Waals surface area contributed by atoms with Crippen LogP contribution >= 0.6 is 0 Å². The number of aryl methyl sites for hydroxylation is 1. The van der Waals surface area contributed by atoms with Crippen LogP contribution in [0.2, 0.25) is 0 Å². The van der Waals surface area contributed by atoms with Gasteiger partial charge in [-0.05, 0) is 42.9 Å². The van der Waals surface area contributed by atoms with Crippen molar-refractivity contribution in [1.82, 2.24) is 20.9 Å². The number of hydrogen-bond donors (Lipinski definition) is 4. The molecule has 3 amide bonds. The van der Waals surface area contributed by atoms with Crippen molar-refractivity contribution in [3.05, 3.63) is 65.7 Å². The molecule has 0 radical (unpaired) electrons. The first-order valence-corrected chi connectivity index (χ1v) is 14.7. The Morgan fingerprint density at radius 1 is 0.951 bits per heavy atom. The first kappa shape index (κ1) is 32.1. The van der Waals surface area contributed by atoms with Gasteiger partial charge in [-0.3, -0.25) is 14.4 Å². The van der Waals surface area contributed by atoms with Crippen molar-refractivity contribution in [2.24, 2.45) is 5.92 Å². The molecule has 2 unspecified atom stereocenters. The first-order chi connectivity index (χ1) is 19.6. The van der Waals surface area contributed by atoms with Crippen LogP contribution in [0.1, 0.15) is 57.6 Å². The zero-order valence-electron chi connectivity index (χ0n) is 24.9. The summed E-state index contributed by atoms with van der Waals surface area (Å²) in [6.45, 7) is 8.55. The van der Waals surface area contributed by atoms with Crippen LogP contribution in [0.15, 0.2) is 54.6 Å². The monoisotopic (exact) mass is 566 g/mol. The number of benzene rings is 2. The van der Waals surface area contributed by atoms with E-state index in [1.807, 2.05) is 75.4 Å². The van der Waals surface area contributed by atoms with Crippen LogP contribution in [-0.4, -0.2) is 78.7 Å². The molecule has 0 bridgehead atoms. The van der Waals surface area contributed by atoms with Crippen LogP contribution in [0.25, 0.3) is 0 Å². The summed E-state index contributed by atoms with van der Waals surface area (Å²) >= 11 is 0. The van der Waals surface area contributed by atoms with Gasteiger partial charge in [0, 0.05) is 26.1 Å². The normalized spacial score (nSPS) is 24.0. The zero-order chi connectivity index (χ0) is 29.9. The number of carbonyl (C=O) groups excluding carboxylic acids is 3. The average molecular weight is 567 g/mol. The van der Waals surface area contributed by atoms with Gasteiger partial charge in [0.1, 0.15) is 24.4 Å². The molecule has 3 rings (SSSR count). The third-order valence-corrected chi connectivity index (χ3v) is 7.99. The molecule has 0 fully saturated rings. The maximum Gasteiger partial charge on any atom is 0.246 e. The molecule has 0 spiro atoms. The number of ether oxygens (including phenoxy) is 1. The minimum atomic E-state index is -1.18. The fourth-order valence-corrected chi connectivity index (χ4v) is 5.27. The van der Waals surface area contributed by atoms with E-state index in [2.05, 4.69) is 16.0 Å². The number of hydrogen-bond acceptors (Lipinski definition) is 6. The number of para-hydroxylation sites is 1. The van der Waals surface area contributed by atoms with E-state index in [1.165, 1.54) is 18.9 Å². The van der Waals surface area contributed by atoms with E-state index in [0.717, 1.165) is 23.3 Å². The second kappa shape index (κ2) is 15.5. The molecule has 1 heterocycles. The lowest BCUT2D eigenvalue weighted by molar-refractivity contribution is -0.146. The summed E-state index contributed by atoms with van der Waals surface area (Å²) in [5.74, 6) is -0.818. The molecule has 1 aliphatic heterocycles. The molecule has 4 N–H and O–H groups in total. The predicted molar refractivity (Wildman–Crippen MR) is 160 cm³/mol. The number of amides is 3. The van der Waals surface area contributed by atoms with Crippen molar-refractivity contribution in [3.8, 4) is 5.75 Å². The Balaban J connectivity index is 1.96. The molecule has 9 heteroatoms. The smallest absolute Gasteiger partial charge is 0.246 e. The summed E-state index contributed by atoms with van der Waals surface area (Å²) in [6, 6.07) is 14.7. The molecule has 224 valence electrons. The van der Waals surface area contributed by atoms with Crippen molar-refractivity contribution in [1.29, 1.82) is 0 Å². The predicted octanol–water partition coefficient (Wildman–Crippen LogP) is 2.63. The van der Waals surface area contributed by atoms with Crippen LogP contribution in [0, 0.1) is 5.92 Å². The lowest BCUT2D eigenvalue weighted by Gasteiger charge is -2.35. The Hall–Kier alpha value is -3.43. The SMILES string of the molecule is CCC(C)[C@@H]1NCCOc2ccccc2CCCNC(=O)[C@@H](C(C)c2ccccc2)NC(=O)[C@H]([C@@H](C)O)N(C)C1=O. The third kappa shape index (κ3) is 8.53. The minimum Gasteiger partial charge on any atom is -0.492 e. The third-order valence-electron chi connectivity index (χ3n) is 7.99. The van der Waals surface area contributed by atoms with Crippen molar-refractivity contribution >= 4 is 17.7 Å². The van der Waals surface area contributed by atoms with E-state index >= 15 is 0 Å². The maximum absolute atomic E-state index is 13.8. The molecule has 1 aliphatic rings. The van der Waals surface area contributed by atoms with Gasteiger partial charge in [-0.2, -0.15) is 0 Å². The van der Waals surface area contributed by atoms with Gasteiger partial charge in [-0.15, -0.1) is 0 Å². The van der Waals surface area contributed by atoms with Crippen LogP contribution in [0.5, 0.6) is 5.75 Å². The number of likely N-dealkylation sites (N-methyl/N-ethyl adjacent to an activating group) is 1. The van der Waals surface area contributed by atoms with Crippen LogP contribution in [0.4, 0.5) is 0 Å². The van der Waals surface area contributed by atoms with Crippen LogP contribution in [-0.2, 0) is 20.8 Å². The molecule has 41 heavy (non-hydrogen) atoms. The second-order valence-corrected chi connectivity index (χ2v) is 11.0. The van der Waals surface area contributed by atoms with Gasteiger partial charge >= 0.3 is 0 Å². The summed E-state index contributed by atoms with van der Waals surface area (Å²) in [5.41, 5.74) is 1.93. The van der Waals surface area contributed by atoms with Crippen molar-refractivity contribution in [3.63, 3.8) is 0 Å². The number of aliphatic hydroxyl groups excluding tert-OH is 1. The van der Waals surface area contributed by atoms with E-state index in [0.29, 0.717) is 32.5 Å². The second-order valence-electron chi connectivity index (χ2n) is 11.0. The molecular formula is C32H46N4O5. The molecule has 6 atom stereocenters. The van der Waals surface area contributed by atoms with Crippen molar-refractivity contribution < 1.29 is 24.2 Å². The molecule has 2 aromatic rings. The molecule has 0 saturated carbocycles. The molecule has 0 saturated heterocycles.